The van der Waals surface area contributed by atoms with Gasteiger partial charge in [-0.1, -0.05) is 12.1 Å². The topological polar surface area (TPSA) is 82.0 Å². The van der Waals surface area contributed by atoms with E-state index in [2.05, 4.69) is 16.7 Å². The zero-order chi connectivity index (χ0) is 14.2. The third-order valence-corrected chi connectivity index (χ3v) is 4.10. The number of carbonyl (C=O) groups excluding carboxylic acids is 2. The minimum absolute atomic E-state index is 0.000845. The molecule has 0 saturated heterocycles. The predicted molar refractivity (Wildman–Crippen MR) is 72.5 cm³/mol. The fraction of sp³-hybridized carbons (Fsp3) is 0.400. The standard InChI is InChI=1S/C15H15N3O2/c16-9-15(4-1-5-15)14(20)17-8-10-2-3-12-11(6-10)7-13(19)18-12/h2-3,6H,1,4-5,7-8H2,(H,17,20)(H,18,19). The van der Waals surface area contributed by atoms with Gasteiger partial charge in [0, 0.05) is 12.2 Å². The number of nitrogens with zero attached hydrogens (tertiary/aromatic N) is 1. The Morgan fingerprint density at radius 3 is 2.90 bits per heavy atom. The average Bonchev–Trinajstić information content (AvgIpc) is 2.75. The van der Waals surface area contributed by atoms with Gasteiger partial charge in [-0.2, -0.15) is 5.26 Å². The van der Waals surface area contributed by atoms with Crippen LogP contribution in [0.4, 0.5) is 5.69 Å². The van der Waals surface area contributed by atoms with Gasteiger partial charge < -0.3 is 10.6 Å². The van der Waals surface area contributed by atoms with Gasteiger partial charge in [0.15, 0.2) is 0 Å². The number of anilines is 1. The van der Waals surface area contributed by atoms with E-state index in [0.29, 0.717) is 25.8 Å². The second-order valence-electron chi connectivity index (χ2n) is 5.45. The van der Waals surface area contributed by atoms with Crippen molar-refractivity contribution < 1.29 is 9.59 Å². The molecular formula is C15H15N3O2. The Bertz CT molecular complexity index is 626. The molecule has 1 aliphatic heterocycles. The summed E-state index contributed by atoms with van der Waals surface area (Å²) in [6, 6.07) is 7.79. The Morgan fingerprint density at radius 2 is 2.25 bits per heavy atom. The van der Waals surface area contributed by atoms with Crippen molar-refractivity contribution in [3.05, 3.63) is 29.3 Å². The highest BCUT2D eigenvalue weighted by molar-refractivity contribution is 5.99. The van der Waals surface area contributed by atoms with Crippen LogP contribution in [0.3, 0.4) is 0 Å². The van der Waals surface area contributed by atoms with Gasteiger partial charge in [0.2, 0.25) is 11.8 Å². The highest BCUT2D eigenvalue weighted by atomic mass is 16.2. The van der Waals surface area contributed by atoms with E-state index in [9.17, 15) is 9.59 Å². The molecule has 1 aromatic rings. The molecule has 102 valence electrons. The lowest BCUT2D eigenvalue weighted by Crippen LogP contribution is -2.44. The summed E-state index contributed by atoms with van der Waals surface area (Å²) in [5.41, 5.74) is 1.94. The number of amides is 2. The molecule has 5 nitrogen and oxygen atoms in total. The van der Waals surface area contributed by atoms with Crippen LogP contribution in [0.25, 0.3) is 0 Å². The molecule has 1 heterocycles. The molecule has 0 radical (unpaired) electrons. The van der Waals surface area contributed by atoms with Crippen LogP contribution in [0.2, 0.25) is 0 Å². The minimum atomic E-state index is -0.811. The highest BCUT2D eigenvalue weighted by Gasteiger charge is 2.44. The molecule has 2 N–H and O–H groups in total. The summed E-state index contributed by atoms with van der Waals surface area (Å²) in [6.07, 6.45) is 2.63. The molecule has 0 atom stereocenters. The van der Waals surface area contributed by atoms with Crippen LogP contribution in [0, 0.1) is 16.7 Å². The third kappa shape index (κ3) is 2.03. The zero-order valence-electron chi connectivity index (χ0n) is 11.0. The highest BCUT2D eigenvalue weighted by Crippen LogP contribution is 2.40. The maximum Gasteiger partial charge on any atom is 0.240 e. The van der Waals surface area contributed by atoms with Crippen molar-refractivity contribution in [1.82, 2.24) is 5.32 Å². The number of hydrogen-bond acceptors (Lipinski definition) is 3. The first-order valence-electron chi connectivity index (χ1n) is 6.74. The number of benzene rings is 1. The number of nitriles is 1. The SMILES string of the molecule is N#CC1(C(=O)NCc2ccc3c(c2)CC(=O)N3)CCC1. The monoisotopic (exact) mass is 269 g/mol. The Kier molecular flexibility index (Phi) is 2.94. The Labute approximate surface area is 117 Å². The number of hydrogen-bond donors (Lipinski definition) is 2. The summed E-state index contributed by atoms with van der Waals surface area (Å²) in [5, 5.41) is 14.7. The molecular weight excluding hydrogens is 254 g/mol. The molecule has 1 aliphatic carbocycles. The first kappa shape index (κ1) is 12.7. The van der Waals surface area contributed by atoms with E-state index < -0.39 is 5.41 Å². The zero-order valence-corrected chi connectivity index (χ0v) is 11.0. The van der Waals surface area contributed by atoms with Crippen LogP contribution < -0.4 is 10.6 Å². The number of rotatable bonds is 3. The fourth-order valence-electron chi connectivity index (χ4n) is 2.66. The second-order valence-corrected chi connectivity index (χ2v) is 5.45. The maximum absolute atomic E-state index is 12.0. The van der Waals surface area contributed by atoms with Crippen LogP contribution in [-0.4, -0.2) is 11.8 Å². The van der Waals surface area contributed by atoms with Gasteiger partial charge in [0.05, 0.1) is 12.5 Å². The lowest BCUT2D eigenvalue weighted by Gasteiger charge is -2.33. The van der Waals surface area contributed by atoms with E-state index in [0.717, 1.165) is 23.2 Å². The molecule has 3 rings (SSSR count). The largest absolute Gasteiger partial charge is 0.351 e. The first-order valence-corrected chi connectivity index (χ1v) is 6.74. The van der Waals surface area contributed by atoms with Gasteiger partial charge in [-0.3, -0.25) is 9.59 Å². The van der Waals surface area contributed by atoms with Crippen molar-refractivity contribution >= 4 is 17.5 Å². The van der Waals surface area contributed by atoms with Gasteiger partial charge >= 0.3 is 0 Å². The molecule has 1 aromatic carbocycles. The van der Waals surface area contributed by atoms with Gasteiger partial charge in [0.25, 0.3) is 0 Å². The van der Waals surface area contributed by atoms with Crippen LogP contribution in [0.5, 0.6) is 0 Å². The molecule has 1 fully saturated rings. The van der Waals surface area contributed by atoms with Crippen molar-refractivity contribution in [3.63, 3.8) is 0 Å². The van der Waals surface area contributed by atoms with Crippen LogP contribution >= 0.6 is 0 Å². The lowest BCUT2D eigenvalue weighted by atomic mass is 9.69. The smallest absolute Gasteiger partial charge is 0.240 e. The van der Waals surface area contributed by atoms with Gasteiger partial charge in [0.1, 0.15) is 5.41 Å². The molecule has 0 aromatic heterocycles. The number of fused-ring (bicyclic) bond motifs is 1. The number of carbonyl (C=O) groups is 2. The van der Waals surface area contributed by atoms with Crippen LogP contribution in [0.1, 0.15) is 30.4 Å². The van der Waals surface area contributed by atoms with Crippen molar-refractivity contribution in [2.45, 2.75) is 32.2 Å². The van der Waals surface area contributed by atoms with Gasteiger partial charge in [-0.25, -0.2) is 0 Å². The van der Waals surface area contributed by atoms with Crippen LogP contribution in [-0.2, 0) is 22.6 Å². The second kappa shape index (κ2) is 4.64. The fourth-order valence-corrected chi connectivity index (χ4v) is 2.66. The van der Waals surface area contributed by atoms with E-state index >= 15 is 0 Å². The summed E-state index contributed by atoms with van der Waals surface area (Å²) >= 11 is 0. The third-order valence-electron chi connectivity index (χ3n) is 4.10. The van der Waals surface area contributed by atoms with Gasteiger partial charge in [-0.15, -0.1) is 0 Å². The summed E-state index contributed by atoms with van der Waals surface area (Å²) in [5.74, 6) is -0.181. The molecule has 5 heteroatoms. The van der Waals surface area contributed by atoms with E-state index in [1.165, 1.54) is 0 Å². The Morgan fingerprint density at radius 1 is 1.45 bits per heavy atom. The molecule has 0 spiro atoms. The number of nitrogens with one attached hydrogen (secondary N) is 2. The van der Waals surface area contributed by atoms with E-state index in [4.69, 9.17) is 5.26 Å². The minimum Gasteiger partial charge on any atom is -0.351 e. The van der Waals surface area contributed by atoms with Gasteiger partial charge in [-0.05, 0) is 36.5 Å². The lowest BCUT2D eigenvalue weighted by molar-refractivity contribution is -0.131. The average molecular weight is 269 g/mol. The molecule has 1 saturated carbocycles. The Hall–Kier alpha value is -2.35. The summed E-state index contributed by atoms with van der Waals surface area (Å²) < 4.78 is 0. The molecule has 20 heavy (non-hydrogen) atoms. The predicted octanol–water partition coefficient (Wildman–Crippen LogP) is 1.49. The summed E-state index contributed by atoms with van der Waals surface area (Å²) in [6.45, 7) is 0.393. The van der Waals surface area contributed by atoms with E-state index in [1.807, 2.05) is 18.2 Å². The molecule has 2 aliphatic rings. The van der Waals surface area contributed by atoms with Crippen molar-refractivity contribution in [1.29, 1.82) is 5.26 Å². The molecule has 0 bridgehead atoms. The van der Waals surface area contributed by atoms with Crippen molar-refractivity contribution in [2.75, 3.05) is 5.32 Å². The van der Waals surface area contributed by atoms with E-state index in [-0.39, 0.29) is 11.8 Å². The Balaban J connectivity index is 1.65. The maximum atomic E-state index is 12.0. The summed E-state index contributed by atoms with van der Waals surface area (Å²) in [4.78, 5) is 23.3. The van der Waals surface area contributed by atoms with Crippen LogP contribution in [0.15, 0.2) is 18.2 Å². The normalized spacial score (nSPS) is 18.4. The molecule has 0 unspecified atom stereocenters. The molecule has 2 amide bonds. The van der Waals surface area contributed by atoms with Crippen molar-refractivity contribution in [3.8, 4) is 6.07 Å². The quantitative estimate of drug-likeness (QED) is 0.872. The summed E-state index contributed by atoms with van der Waals surface area (Å²) in [7, 11) is 0. The van der Waals surface area contributed by atoms with Crippen molar-refractivity contribution in [2.24, 2.45) is 5.41 Å². The first-order chi connectivity index (χ1) is 9.63. The van der Waals surface area contributed by atoms with E-state index in [1.54, 1.807) is 0 Å².